The highest BCUT2D eigenvalue weighted by molar-refractivity contribution is 5.19. The molecule has 1 saturated heterocycles. The van der Waals surface area contributed by atoms with Crippen molar-refractivity contribution in [2.24, 2.45) is 0 Å². The van der Waals surface area contributed by atoms with Gasteiger partial charge in [-0.1, -0.05) is 50.6 Å². The van der Waals surface area contributed by atoms with Crippen molar-refractivity contribution < 1.29 is 0 Å². The summed E-state index contributed by atoms with van der Waals surface area (Å²) in [5, 5.41) is 3.70. The van der Waals surface area contributed by atoms with Gasteiger partial charge in [-0.25, -0.2) is 0 Å². The van der Waals surface area contributed by atoms with Crippen LogP contribution in [0.4, 0.5) is 0 Å². The number of benzene rings is 1. The van der Waals surface area contributed by atoms with E-state index in [1.807, 2.05) is 0 Å². The fraction of sp³-hybridized carbons (Fsp3) is 0.625. The summed E-state index contributed by atoms with van der Waals surface area (Å²) in [5.41, 5.74) is 1.41. The third kappa shape index (κ3) is 4.11. The third-order valence-electron chi connectivity index (χ3n) is 3.63. The Kier molecular flexibility index (Phi) is 5.21. The fourth-order valence-corrected chi connectivity index (χ4v) is 2.74. The SMILES string of the molecule is CC(C)N[C@@H](CN1CCCCC1)c1ccccc1. The molecule has 1 heterocycles. The summed E-state index contributed by atoms with van der Waals surface area (Å²) in [6, 6.07) is 11.8. The van der Waals surface area contributed by atoms with E-state index in [1.54, 1.807) is 0 Å². The molecule has 0 aliphatic carbocycles. The van der Waals surface area contributed by atoms with E-state index >= 15 is 0 Å². The van der Waals surface area contributed by atoms with E-state index < -0.39 is 0 Å². The molecule has 1 aromatic rings. The van der Waals surface area contributed by atoms with E-state index in [0.717, 1.165) is 6.54 Å². The van der Waals surface area contributed by atoms with Gasteiger partial charge in [0.25, 0.3) is 0 Å². The second kappa shape index (κ2) is 6.91. The highest BCUT2D eigenvalue weighted by Gasteiger charge is 2.18. The van der Waals surface area contributed by atoms with Crippen LogP contribution in [0.2, 0.25) is 0 Å². The fourth-order valence-electron chi connectivity index (χ4n) is 2.74. The lowest BCUT2D eigenvalue weighted by atomic mass is 10.0. The Hall–Kier alpha value is -0.860. The molecule has 2 rings (SSSR count). The van der Waals surface area contributed by atoms with Crippen molar-refractivity contribution in [1.29, 1.82) is 0 Å². The van der Waals surface area contributed by atoms with Gasteiger partial charge in [0.05, 0.1) is 0 Å². The van der Waals surface area contributed by atoms with Gasteiger partial charge >= 0.3 is 0 Å². The van der Waals surface area contributed by atoms with Crippen LogP contribution in [0.5, 0.6) is 0 Å². The first-order valence-corrected chi connectivity index (χ1v) is 7.29. The number of hydrogen-bond donors (Lipinski definition) is 1. The van der Waals surface area contributed by atoms with Crippen molar-refractivity contribution in [2.45, 2.75) is 45.2 Å². The van der Waals surface area contributed by atoms with E-state index in [9.17, 15) is 0 Å². The van der Waals surface area contributed by atoms with Crippen molar-refractivity contribution in [3.8, 4) is 0 Å². The van der Waals surface area contributed by atoms with Crippen molar-refractivity contribution in [2.75, 3.05) is 19.6 Å². The van der Waals surface area contributed by atoms with Crippen molar-refractivity contribution in [3.63, 3.8) is 0 Å². The molecule has 1 fully saturated rings. The van der Waals surface area contributed by atoms with E-state index in [2.05, 4.69) is 54.4 Å². The number of nitrogens with one attached hydrogen (secondary N) is 1. The van der Waals surface area contributed by atoms with Crippen molar-refractivity contribution >= 4 is 0 Å². The van der Waals surface area contributed by atoms with Gasteiger partial charge < -0.3 is 10.2 Å². The molecule has 0 saturated carbocycles. The number of hydrogen-bond acceptors (Lipinski definition) is 2. The normalized spacial score (nSPS) is 19.1. The minimum atomic E-state index is 0.462. The summed E-state index contributed by atoms with van der Waals surface area (Å²) in [5.74, 6) is 0. The Bertz CT molecular complexity index is 328. The number of rotatable bonds is 5. The molecule has 2 nitrogen and oxygen atoms in total. The first kappa shape index (κ1) is 13.6. The average molecular weight is 246 g/mol. The lowest BCUT2D eigenvalue weighted by molar-refractivity contribution is 0.202. The zero-order valence-electron chi connectivity index (χ0n) is 11.7. The van der Waals surface area contributed by atoms with E-state index in [1.165, 1.54) is 37.9 Å². The Morgan fingerprint density at radius 1 is 1.06 bits per heavy atom. The van der Waals surface area contributed by atoms with Crippen LogP contribution < -0.4 is 5.32 Å². The summed E-state index contributed by atoms with van der Waals surface area (Å²) in [6.45, 7) is 8.13. The average Bonchev–Trinajstić information content (AvgIpc) is 2.40. The van der Waals surface area contributed by atoms with Gasteiger partial charge in [0.1, 0.15) is 0 Å². The predicted octanol–water partition coefficient (Wildman–Crippen LogP) is 3.21. The second-order valence-electron chi connectivity index (χ2n) is 5.65. The van der Waals surface area contributed by atoms with Crippen LogP contribution in [0.25, 0.3) is 0 Å². The van der Waals surface area contributed by atoms with Gasteiger partial charge in [0.2, 0.25) is 0 Å². The van der Waals surface area contributed by atoms with Crippen LogP contribution in [0.3, 0.4) is 0 Å². The van der Waals surface area contributed by atoms with Crippen LogP contribution in [-0.4, -0.2) is 30.6 Å². The van der Waals surface area contributed by atoms with Crippen LogP contribution in [0, 0.1) is 0 Å². The number of piperidine rings is 1. The number of nitrogens with zero attached hydrogens (tertiary/aromatic N) is 1. The highest BCUT2D eigenvalue weighted by atomic mass is 15.2. The highest BCUT2D eigenvalue weighted by Crippen LogP contribution is 2.18. The Labute approximate surface area is 111 Å². The van der Waals surface area contributed by atoms with Gasteiger partial charge in [-0.3, -0.25) is 0 Å². The van der Waals surface area contributed by atoms with Crippen LogP contribution in [0.1, 0.15) is 44.7 Å². The summed E-state index contributed by atoms with van der Waals surface area (Å²) in [7, 11) is 0. The number of likely N-dealkylation sites (tertiary alicyclic amines) is 1. The molecule has 1 atom stereocenters. The molecule has 0 aromatic heterocycles. The lowest BCUT2D eigenvalue weighted by Crippen LogP contribution is -2.40. The minimum absolute atomic E-state index is 0.462. The smallest absolute Gasteiger partial charge is 0.0451 e. The standard InChI is InChI=1S/C16H26N2/c1-14(2)17-16(15-9-5-3-6-10-15)13-18-11-7-4-8-12-18/h3,5-6,9-10,14,16-17H,4,7-8,11-13H2,1-2H3/t16-/m0/s1. The molecular weight excluding hydrogens is 220 g/mol. The Morgan fingerprint density at radius 2 is 1.72 bits per heavy atom. The molecule has 0 bridgehead atoms. The van der Waals surface area contributed by atoms with Gasteiger partial charge in [0.15, 0.2) is 0 Å². The van der Waals surface area contributed by atoms with Crippen LogP contribution >= 0.6 is 0 Å². The topological polar surface area (TPSA) is 15.3 Å². The first-order chi connectivity index (χ1) is 8.75. The zero-order chi connectivity index (χ0) is 12.8. The maximum absolute atomic E-state index is 3.70. The van der Waals surface area contributed by atoms with E-state index in [-0.39, 0.29) is 0 Å². The van der Waals surface area contributed by atoms with Gasteiger partial charge in [0, 0.05) is 18.6 Å². The largest absolute Gasteiger partial charge is 0.307 e. The second-order valence-corrected chi connectivity index (χ2v) is 5.65. The van der Waals surface area contributed by atoms with Crippen molar-refractivity contribution in [3.05, 3.63) is 35.9 Å². The zero-order valence-corrected chi connectivity index (χ0v) is 11.7. The quantitative estimate of drug-likeness (QED) is 0.858. The summed E-state index contributed by atoms with van der Waals surface area (Å²) < 4.78 is 0. The summed E-state index contributed by atoms with van der Waals surface area (Å²) in [6.07, 6.45) is 4.14. The molecule has 1 aliphatic heterocycles. The lowest BCUT2D eigenvalue weighted by Gasteiger charge is -2.32. The van der Waals surface area contributed by atoms with E-state index in [4.69, 9.17) is 0 Å². The molecule has 100 valence electrons. The maximum atomic E-state index is 3.70. The molecule has 2 heteroatoms. The maximum Gasteiger partial charge on any atom is 0.0451 e. The molecule has 1 aromatic carbocycles. The molecule has 0 unspecified atom stereocenters. The first-order valence-electron chi connectivity index (χ1n) is 7.29. The molecule has 0 spiro atoms. The van der Waals surface area contributed by atoms with Crippen molar-refractivity contribution in [1.82, 2.24) is 10.2 Å². The van der Waals surface area contributed by atoms with Gasteiger partial charge in [-0.15, -0.1) is 0 Å². The monoisotopic (exact) mass is 246 g/mol. The molecule has 0 amide bonds. The van der Waals surface area contributed by atoms with E-state index in [0.29, 0.717) is 12.1 Å². The minimum Gasteiger partial charge on any atom is -0.307 e. The molecule has 1 aliphatic rings. The Balaban J connectivity index is 2.00. The van der Waals surface area contributed by atoms with Gasteiger partial charge in [-0.2, -0.15) is 0 Å². The molecule has 18 heavy (non-hydrogen) atoms. The third-order valence-corrected chi connectivity index (χ3v) is 3.63. The van der Waals surface area contributed by atoms with Gasteiger partial charge in [-0.05, 0) is 31.5 Å². The Morgan fingerprint density at radius 3 is 2.33 bits per heavy atom. The molecule has 1 N–H and O–H groups in total. The summed E-state index contributed by atoms with van der Waals surface area (Å²) >= 11 is 0. The summed E-state index contributed by atoms with van der Waals surface area (Å²) in [4.78, 5) is 2.61. The molecular formula is C16H26N2. The van der Waals surface area contributed by atoms with Crippen LogP contribution in [-0.2, 0) is 0 Å². The predicted molar refractivity (Wildman–Crippen MR) is 77.7 cm³/mol. The molecule has 0 radical (unpaired) electrons. The van der Waals surface area contributed by atoms with Crippen LogP contribution in [0.15, 0.2) is 30.3 Å².